The highest BCUT2D eigenvalue weighted by Gasteiger charge is 2.32. The van der Waals surface area contributed by atoms with Crippen LogP contribution in [0.5, 0.6) is 0 Å². The molecule has 33 heavy (non-hydrogen) atoms. The van der Waals surface area contributed by atoms with E-state index in [-0.39, 0.29) is 29.8 Å². The average Bonchev–Trinajstić information content (AvgIpc) is 3.23. The van der Waals surface area contributed by atoms with Crippen LogP contribution in [0.15, 0.2) is 59.6 Å². The van der Waals surface area contributed by atoms with Crippen LogP contribution in [0.25, 0.3) is 0 Å². The van der Waals surface area contributed by atoms with Crippen LogP contribution in [0, 0.1) is 5.92 Å². The molecule has 2 aromatic carbocycles. The Morgan fingerprint density at radius 1 is 1.00 bits per heavy atom. The lowest BCUT2D eigenvalue weighted by molar-refractivity contribution is -0.120. The van der Waals surface area contributed by atoms with E-state index < -0.39 is 10.0 Å². The standard InChI is InChI=1S/C22H21Cl3N4O3S/c23-17-3-5-19(6-4-17)33(31,32)29-11-7-15(8-12-29)22(30)26-21-9-10-28(27-21)14-16-1-2-18(24)13-20(16)25/h1-6,9-10,13,15H,7-8,11-12,14H2,(H,26,27,30). The van der Waals surface area contributed by atoms with Gasteiger partial charge in [0.15, 0.2) is 5.82 Å². The van der Waals surface area contributed by atoms with Gasteiger partial charge in [-0.05, 0) is 54.8 Å². The van der Waals surface area contributed by atoms with Crippen molar-refractivity contribution in [3.8, 4) is 0 Å². The van der Waals surface area contributed by atoms with Gasteiger partial charge in [-0.25, -0.2) is 8.42 Å². The van der Waals surface area contributed by atoms with Gasteiger partial charge >= 0.3 is 0 Å². The molecule has 0 aliphatic carbocycles. The van der Waals surface area contributed by atoms with E-state index in [1.807, 2.05) is 6.07 Å². The Bertz CT molecular complexity index is 1250. The first-order valence-corrected chi connectivity index (χ1v) is 12.8. The summed E-state index contributed by atoms with van der Waals surface area (Å²) in [5, 5.41) is 8.79. The summed E-state index contributed by atoms with van der Waals surface area (Å²) >= 11 is 18.0. The topological polar surface area (TPSA) is 84.3 Å². The first kappa shape index (κ1) is 24.0. The van der Waals surface area contributed by atoms with Crippen molar-refractivity contribution < 1.29 is 13.2 Å². The van der Waals surface area contributed by atoms with Gasteiger partial charge in [0.2, 0.25) is 15.9 Å². The third-order valence-corrected chi connectivity index (χ3v) is 8.27. The SMILES string of the molecule is O=C(Nc1ccn(Cc2ccc(Cl)cc2Cl)n1)C1CCN(S(=O)(=O)c2ccc(Cl)cc2)CC1. The summed E-state index contributed by atoms with van der Waals surface area (Å²) < 4.78 is 28.7. The van der Waals surface area contributed by atoms with Crippen LogP contribution in [0.4, 0.5) is 5.82 Å². The molecule has 1 aromatic heterocycles. The van der Waals surface area contributed by atoms with Crippen LogP contribution in [0.2, 0.25) is 15.1 Å². The van der Waals surface area contributed by atoms with Gasteiger partial charge in [-0.15, -0.1) is 0 Å². The molecule has 1 N–H and O–H groups in total. The number of carbonyl (C=O) groups is 1. The number of halogens is 3. The van der Waals surface area contributed by atoms with Crippen molar-refractivity contribution in [2.24, 2.45) is 5.92 Å². The lowest BCUT2D eigenvalue weighted by Gasteiger charge is -2.30. The number of benzene rings is 2. The predicted octanol–water partition coefficient (Wildman–Crippen LogP) is 4.93. The minimum Gasteiger partial charge on any atom is -0.309 e. The van der Waals surface area contributed by atoms with Gasteiger partial charge in [-0.2, -0.15) is 9.40 Å². The van der Waals surface area contributed by atoms with Crippen molar-refractivity contribution in [3.05, 3.63) is 75.4 Å². The first-order chi connectivity index (χ1) is 15.7. The number of nitrogens with zero attached hydrogens (tertiary/aromatic N) is 3. The van der Waals surface area contributed by atoms with Gasteiger partial charge < -0.3 is 5.32 Å². The zero-order valence-electron chi connectivity index (χ0n) is 17.4. The molecule has 174 valence electrons. The van der Waals surface area contributed by atoms with Crippen LogP contribution in [-0.4, -0.2) is 41.5 Å². The Morgan fingerprint density at radius 3 is 2.33 bits per heavy atom. The summed E-state index contributed by atoms with van der Waals surface area (Å²) in [5.41, 5.74) is 0.858. The molecule has 0 spiro atoms. The number of amides is 1. The van der Waals surface area contributed by atoms with Crippen molar-refractivity contribution in [1.29, 1.82) is 0 Å². The number of rotatable bonds is 6. The average molecular weight is 528 g/mol. The van der Waals surface area contributed by atoms with Gasteiger partial charge in [-0.3, -0.25) is 9.48 Å². The van der Waals surface area contributed by atoms with E-state index in [4.69, 9.17) is 34.8 Å². The number of piperidine rings is 1. The van der Waals surface area contributed by atoms with Gasteiger partial charge in [0.05, 0.1) is 11.4 Å². The predicted molar refractivity (Wildman–Crippen MR) is 129 cm³/mol. The Hall–Kier alpha value is -2.10. The maximum absolute atomic E-state index is 12.8. The largest absolute Gasteiger partial charge is 0.309 e. The van der Waals surface area contributed by atoms with Crippen LogP contribution >= 0.6 is 34.8 Å². The third-order valence-electron chi connectivity index (χ3n) is 5.52. The fraction of sp³-hybridized carbons (Fsp3) is 0.273. The zero-order valence-corrected chi connectivity index (χ0v) is 20.5. The molecular formula is C22H21Cl3N4O3S. The summed E-state index contributed by atoms with van der Waals surface area (Å²) in [6.45, 7) is 0.978. The molecule has 4 rings (SSSR count). The molecule has 1 amide bonds. The van der Waals surface area contributed by atoms with E-state index in [9.17, 15) is 13.2 Å². The highest BCUT2D eigenvalue weighted by molar-refractivity contribution is 7.89. The Balaban J connectivity index is 1.33. The molecule has 0 radical (unpaired) electrons. The first-order valence-electron chi connectivity index (χ1n) is 10.3. The third kappa shape index (κ3) is 5.70. The van der Waals surface area contributed by atoms with E-state index >= 15 is 0 Å². The van der Waals surface area contributed by atoms with Crippen LogP contribution in [0.3, 0.4) is 0 Å². The Morgan fingerprint density at radius 2 is 1.67 bits per heavy atom. The molecule has 1 fully saturated rings. The lowest BCUT2D eigenvalue weighted by Crippen LogP contribution is -2.41. The van der Waals surface area contributed by atoms with E-state index in [2.05, 4.69) is 10.4 Å². The van der Waals surface area contributed by atoms with Gasteiger partial charge in [-0.1, -0.05) is 40.9 Å². The molecule has 7 nitrogen and oxygen atoms in total. The Kier molecular flexibility index (Phi) is 7.31. The van der Waals surface area contributed by atoms with Crippen molar-refractivity contribution in [3.63, 3.8) is 0 Å². The molecule has 1 saturated heterocycles. The fourth-order valence-corrected chi connectivity index (χ4v) is 5.75. The summed E-state index contributed by atoms with van der Waals surface area (Å²) in [6.07, 6.45) is 2.61. The number of anilines is 1. The Labute approximate surface area is 207 Å². The lowest BCUT2D eigenvalue weighted by atomic mass is 9.97. The van der Waals surface area contributed by atoms with Crippen molar-refractivity contribution >= 4 is 56.6 Å². The summed E-state index contributed by atoms with van der Waals surface area (Å²) in [7, 11) is -3.61. The minimum atomic E-state index is -3.61. The molecule has 2 heterocycles. The molecule has 1 aliphatic rings. The number of hydrogen-bond acceptors (Lipinski definition) is 4. The second-order valence-electron chi connectivity index (χ2n) is 7.76. The van der Waals surface area contributed by atoms with E-state index in [0.29, 0.717) is 40.3 Å². The van der Waals surface area contributed by atoms with E-state index in [1.54, 1.807) is 41.2 Å². The quantitative estimate of drug-likeness (QED) is 0.493. The van der Waals surface area contributed by atoms with E-state index in [1.165, 1.54) is 16.4 Å². The number of aromatic nitrogens is 2. The van der Waals surface area contributed by atoms with Crippen molar-refractivity contribution in [2.45, 2.75) is 24.3 Å². The highest BCUT2D eigenvalue weighted by atomic mass is 35.5. The van der Waals surface area contributed by atoms with Crippen LogP contribution in [0.1, 0.15) is 18.4 Å². The van der Waals surface area contributed by atoms with Gasteiger partial charge in [0.1, 0.15) is 0 Å². The molecule has 3 aromatic rings. The fourth-order valence-electron chi connectivity index (χ4n) is 3.68. The second kappa shape index (κ2) is 10.0. The van der Waals surface area contributed by atoms with Gasteiger partial charge in [0, 0.05) is 46.3 Å². The molecule has 1 aliphatic heterocycles. The minimum absolute atomic E-state index is 0.173. The monoisotopic (exact) mass is 526 g/mol. The number of carbonyl (C=O) groups excluding carboxylic acids is 1. The molecule has 11 heteroatoms. The number of nitrogens with one attached hydrogen (secondary N) is 1. The smallest absolute Gasteiger partial charge is 0.243 e. The molecule has 0 saturated carbocycles. The summed E-state index contributed by atoms with van der Waals surface area (Å²) in [4.78, 5) is 12.9. The maximum atomic E-state index is 12.8. The summed E-state index contributed by atoms with van der Waals surface area (Å²) in [6, 6.07) is 13.0. The molecular weight excluding hydrogens is 507 g/mol. The van der Waals surface area contributed by atoms with Crippen molar-refractivity contribution in [1.82, 2.24) is 14.1 Å². The van der Waals surface area contributed by atoms with Crippen molar-refractivity contribution in [2.75, 3.05) is 18.4 Å². The highest BCUT2D eigenvalue weighted by Crippen LogP contribution is 2.26. The van der Waals surface area contributed by atoms with Crippen LogP contribution in [-0.2, 0) is 21.4 Å². The maximum Gasteiger partial charge on any atom is 0.243 e. The molecule has 0 unspecified atom stereocenters. The van der Waals surface area contributed by atoms with Gasteiger partial charge in [0.25, 0.3) is 0 Å². The normalized spacial score (nSPS) is 15.5. The van der Waals surface area contributed by atoms with Crippen LogP contribution < -0.4 is 5.32 Å². The summed E-state index contributed by atoms with van der Waals surface area (Å²) in [5.74, 6) is -0.0351. The number of sulfonamides is 1. The zero-order chi connectivity index (χ0) is 23.6. The number of hydrogen-bond donors (Lipinski definition) is 1. The second-order valence-corrected chi connectivity index (χ2v) is 11.0. The molecule has 0 atom stereocenters. The van der Waals surface area contributed by atoms with E-state index in [0.717, 1.165) is 5.56 Å². The molecule has 0 bridgehead atoms.